The third-order valence-corrected chi connectivity index (χ3v) is 5.43. The first-order valence-corrected chi connectivity index (χ1v) is 10.1. The van der Waals surface area contributed by atoms with Gasteiger partial charge in [-0.1, -0.05) is 17.7 Å². The van der Waals surface area contributed by atoms with Crippen LogP contribution in [0.1, 0.15) is 51.4 Å². The van der Waals surface area contributed by atoms with Crippen LogP contribution in [0.5, 0.6) is 0 Å². The summed E-state index contributed by atoms with van der Waals surface area (Å²) in [5, 5.41) is 3.61. The molecule has 1 aromatic heterocycles. The fourth-order valence-electron chi connectivity index (χ4n) is 3.56. The van der Waals surface area contributed by atoms with Gasteiger partial charge in [-0.15, -0.1) is 0 Å². The Morgan fingerprint density at radius 1 is 1.21 bits per heavy atom. The number of carbonyl (C=O) groups is 1. The molecule has 2 aromatic carbocycles. The lowest BCUT2D eigenvalue weighted by Gasteiger charge is -2.12. The number of amides is 1. The van der Waals surface area contributed by atoms with Gasteiger partial charge in [-0.25, -0.2) is 9.97 Å². The maximum atomic E-state index is 12.9. The Hall–Kier alpha value is -2.76. The quantitative estimate of drug-likeness (QED) is 0.636. The highest BCUT2D eigenvalue weighted by Gasteiger charge is 2.27. The lowest BCUT2D eigenvalue weighted by molar-refractivity contribution is 0.0951. The van der Waals surface area contributed by atoms with Gasteiger partial charge in [-0.2, -0.15) is 0 Å². The highest BCUT2D eigenvalue weighted by atomic mass is 35.5. The minimum atomic E-state index is -0.139. The Morgan fingerprint density at radius 2 is 2.03 bits per heavy atom. The van der Waals surface area contributed by atoms with Gasteiger partial charge in [0.1, 0.15) is 6.33 Å². The van der Waals surface area contributed by atoms with E-state index in [1.54, 1.807) is 12.4 Å². The largest absolute Gasteiger partial charge is 0.348 e. The van der Waals surface area contributed by atoms with E-state index in [2.05, 4.69) is 21.4 Å². The third kappa shape index (κ3) is 4.47. The van der Waals surface area contributed by atoms with E-state index in [9.17, 15) is 4.79 Å². The first-order valence-electron chi connectivity index (χ1n) is 9.72. The molecular weight excluding hydrogens is 384 g/mol. The summed E-state index contributed by atoms with van der Waals surface area (Å²) in [7, 11) is 0. The summed E-state index contributed by atoms with van der Waals surface area (Å²) in [5.74, 6) is 0.390. The predicted octanol–water partition coefficient (Wildman–Crippen LogP) is 4.37. The molecule has 0 bridgehead atoms. The first kappa shape index (κ1) is 19.6. The monoisotopic (exact) mass is 406 g/mol. The highest BCUT2D eigenvalue weighted by molar-refractivity contribution is 6.30. The van der Waals surface area contributed by atoms with E-state index in [0.717, 1.165) is 33.5 Å². The van der Waals surface area contributed by atoms with Crippen LogP contribution in [0.25, 0.3) is 11.3 Å². The van der Waals surface area contributed by atoms with Gasteiger partial charge in [0.2, 0.25) is 0 Å². The molecule has 4 rings (SSSR count). The minimum Gasteiger partial charge on any atom is -0.348 e. The molecule has 3 N–H and O–H groups in total. The second-order valence-corrected chi connectivity index (χ2v) is 7.92. The summed E-state index contributed by atoms with van der Waals surface area (Å²) in [4.78, 5) is 21.6. The summed E-state index contributed by atoms with van der Waals surface area (Å²) in [5.41, 5.74) is 12.3. The van der Waals surface area contributed by atoms with Crippen LogP contribution >= 0.6 is 11.6 Å². The highest BCUT2D eigenvalue weighted by Crippen LogP contribution is 2.43. The summed E-state index contributed by atoms with van der Waals surface area (Å²) in [6.07, 6.45) is 5.80. The molecule has 29 heavy (non-hydrogen) atoms. The smallest absolute Gasteiger partial charge is 0.251 e. The normalized spacial score (nSPS) is 13.3. The Labute approximate surface area is 175 Å². The third-order valence-electron chi connectivity index (χ3n) is 5.20. The first-order chi connectivity index (χ1) is 14.0. The van der Waals surface area contributed by atoms with E-state index in [-0.39, 0.29) is 5.91 Å². The predicted molar refractivity (Wildman–Crippen MR) is 115 cm³/mol. The van der Waals surface area contributed by atoms with Crippen molar-refractivity contribution in [3.63, 3.8) is 0 Å². The Kier molecular flexibility index (Phi) is 5.60. The van der Waals surface area contributed by atoms with E-state index in [4.69, 9.17) is 17.3 Å². The van der Waals surface area contributed by atoms with Crippen molar-refractivity contribution in [2.75, 3.05) is 0 Å². The molecule has 1 saturated carbocycles. The number of aromatic nitrogens is 2. The molecule has 148 valence electrons. The molecule has 1 aliphatic rings. The fraction of sp³-hybridized carbons (Fsp3) is 0.261. The van der Waals surface area contributed by atoms with Crippen molar-refractivity contribution >= 4 is 17.5 Å². The van der Waals surface area contributed by atoms with E-state index in [1.165, 1.54) is 12.8 Å². The SMILES string of the molecule is Cc1cc(C(=O)NCc2cc(Cl)ccc2CN)cc(-c2ncncc2C2CC2)c1. The Balaban J connectivity index is 1.58. The van der Waals surface area contributed by atoms with E-state index in [0.29, 0.717) is 29.6 Å². The van der Waals surface area contributed by atoms with Gasteiger partial charge in [-0.05, 0) is 78.3 Å². The molecule has 0 saturated heterocycles. The van der Waals surface area contributed by atoms with Crippen molar-refractivity contribution in [3.05, 3.63) is 81.8 Å². The van der Waals surface area contributed by atoms with Gasteiger partial charge < -0.3 is 11.1 Å². The summed E-state index contributed by atoms with van der Waals surface area (Å²) in [6.45, 7) is 2.76. The van der Waals surface area contributed by atoms with Gasteiger partial charge >= 0.3 is 0 Å². The summed E-state index contributed by atoms with van der Waals surface area (Å²) >= 11 is 6.10. The Bertz CT molecular complexity index is 1060. The molecule has 6 heteroatoms. The second kappa shape index (κ2) is 8.31. The number of hydrogen-bond donors (Lipinski definition) is 2. The summed E-state index contributed by atoms with van der Waals surface area (Å²) in [6, 6.07) is 11.4. The number of nitrogens with one attached hydrogen (secondary N) is 1. The number of hydrogen-bond acceptors (Lipinski definition) is 4. The molecule has 1 heterocycles. The molecule has 1 aliphatic carbocycles. The van der Waals surface area contributed by atoms with Gasteiger partial charge in [0.05, 0.1) is 5.69 Å². The number of nitrogens with two attached hydrogens (primary N) is 1. The molecule has 0 radical (unpaired) electrons. The number of carbonyl (C=O) groups excluding carboxylic acids is 1. The van der Waals surface area contributed by atoms with Crippen LogP contribution in [0.2, 0.25) is 5.02 Å². The van der Waals surface area contributed by atoms with Crippen LogP contribution in [0.15, 0.2) is 48.9 Å². The average Bonchev–Trinajstić information content (AvgIpc) is 3.57. The van der Waals surface area contributed by atoms with Crippen LogP contribution < -0.4 is 11.1 Å². The maximum Gasteiger partial charge on any atom is 0.251 e. The number of benzene rings is 2. The number of nitrogens with zero attached hydrogens (tertiary/aromatic N) is 2. The zero-order valence-electron chi connectivity index (χ0n) is 16.3. The van der Waals surface area contributed by atoms with Crippen molar-refractivity contribution in [2.45, 2.75) is 38.8 Å². The minimum absolute atomic E-state index is 0.139. The zero-order chi connectivity index (χ0) is 20.4. The standard InChI is InChI=1S/C23H23ClN4O/c1-14-6-17(22-21(15-2-3-15)12-26-13-28-22)8-18(7-14)23(29)27-11-19-9-20(24)5-4-16(19)10-25/h4-9,12-13,15H,2-3,10-11,25H2,1H3,(H,27,29). The lowest BCUT2D eigenvalue weighted by atomic mass is 9.99. The number of aryl methyl sites for hydroxylation is 1. The van der Waals surface area contributed by atoms with Crippen LogP contribution in [-0.4, -0.2) is 15.9 Å². The molecule has 0 atom stereocenters. The van der Waals surface area contributed by atoms with Crippen molar-refractivity contribution < 1.29 is 4.79 Å². The van der Waals surface area contributed by atoms with Crippen LogP contribution in [0.3, 0.4) is 0 Å². The van der Waals surface area contributed by atoms with E-state index in [1.807, 2.05) is 37.4 Å². The lowest BCUT2D eigenvalue weighted by Crippen LogP contribution is -2.24. The molecule has 1 fully saturated rings. The molecule has 0 spiro atoms. The molecule has 3 aromatic rings. The van der Waals surface area contributed by atoms with Crippen molar-refractivity contribution in [1.29, 1.82) is 0 Å². The van der Waals surface area contributed by atoms with E-state index >= 15 is 0 Å². The number of rotatable bonds is 6. The Morgan fingerprint density at radius 3 is 2.79 bits per heavy atom. The van der Waals surface area contributed by atoms with Crippen molar-refractivity contribution in [3.8, 4) is 11.3 Å². The van der Waals surface area contributed by atoms with Gasteiger partial charge in [0, 0.05) is 35.4 Å². The maximum absolute atomic E-state index is 12.9. The second-order valence-electron chi connectivity index (χ2n) is 7.49. The fourth-order valence-corrected chi connectivity index (χ4v) is 3.76. The molecule has 1 amide bonds. The van der Waals surface area contributed by atoms with Crippen LogP contribution in [0, 0.1) is 6.92 Å². The average molecular weight is 407 g/mol. The zero-order valence-corrected chi connectivity index (χ0v) is 17.0. The molecule has 0 unspecified atom stereocenters. The molecule has 5 nitrogen and oxygen atoms in total. The van der Waals surface area contributed by atoms with Crippen molar-refractivity contribution in [2.24, 2.45) is 5.73 Å². The van der Waals surface area contributed by atoms with Crippen LogP contribution in [0.4, 0.5) is 0 Å². The topological polar surface area (TPSA) is 80.9 Å². The van der Waals surface area contributed by atoms with Crippen molar-refractivity contribution in [1.82, 2.24) is 15.3 Å². The molecular formula is C23H23ClN4O. The van der Waals surface area contributed by atoms with Gasteiger partial charge in [0.15, 0.2) is 0 Å². The number of halogens is 1. The van der Waals surface area contributed by atoms with Gasteiger partial charge in [-0.3, -0.25) is 4.79 Å². The van der Waals surface area contributed by atoms with Crippen LogP contribution in [-0.2, 0) is 13.1 Å². The molecule has 0 aliphatic heterocycles. The van der Waals surface area contributed by atoms with Gasteiger partial charge in [0.25, 0.3) is 5.91 Å². The van der Waals surface area contributed by atoms with E-state index < -0.39 is 0 Å². The summed E-state index contributed by atoms with van der Waals surface area (Å²) < 4.78 is 0.